The molecule has 0 unspecified atom stereocenters. The molecule has 1 aromatic carbocycles. The average Bonchev–Trinajstić information content (AvgIpc) is 3.16. The highest BCUT2D eigenvalue weighted by Gasteiger charge is 2.33. The Hall–Kier alpha value is -2.18. The van der Waals surface area contributed by atoms with E-state index in [-0.39, 0.29) is 11.2 Å². The molecule has 7 heteroatoms. The van der Waals surface area contributed by atoms with Crippen LogP contribution in [0.5, 0.6) is 5.75 Å². The van der Waals surface area contributed by atoms with Gasteiger partial charge in [0.25, 0.3) is 5.56 Å². The molecular weight excluding hydrogens is 285 g/mol. The Morgan fingerprint density at radius 3 is 2.52 bits per heavy atom. The maximum absolute atomic E-state index is 12.5. The Morgan fingerprint density at radius 1 is 1.24 bits per heavy atom. The molecule has 0 radical (unpaired) electrons. The highest BCUT2D eigenvalue weighted by Crippen LogP contribution is 2.39. The fraction of sp³-hybridized carbons (Fsp3) is 0.357. The minimum atomic E-state index is -4.80. The number of aromatic nitrogens is 2. The van der Waals surface area contributed by atoms with Crippen LogP contribution in [0.4, 0.5) is 13.2 Å². The lowest BCUT2D eigenvalue weighted by atomic mass is 10.3. The van der Waals surface area contributed by atoms with E-state index in [2.05, 4.69) is 4.74 Å². The first-order valence-corrected chi connectivity index (χ1v) is 6.51. The molecule has 1 heterocycles. The largest absolute Gasteiger partial charge is 0.573 e. The molecule has 0 atom stereocenters. The molecule has 1 aliphatic rings. The van der Waals surface area contributed by atoms with Crippen molar-refractivity contribution in [2.24, 2.45) is 7.05 Å². The maximum atomic E-state index is 12.5. The molecule has 0 aliphatic heterocycles. The van der Waals surface area contributed by atoms with E-state index in [1.54, 1.807) is 17.8 Å². The summed E-state index contributed by atoms with van der Waals surface area (Å²) in [5.41, 5.74) is 0.550. The molecule has 0 amide bonds. The molecule has 0 spiro atoms. The normalized spacial score (nSPS) is 15.2. The summed E-state index contributed by atoms with van der Waals surface area (Å²) in [6.07, 6.45) is -2.81. The predicted octanol–water partition coefficient (Wildman–Crippen LogP) is 2.95. The summed E-state index contributed by atoms with van der Waals surface area (Å²) in [4.78, 5) is 12.1. The van der Waals surface area contributed by atoms with E-state index in [9.17, 15) is 18.0 Å². The fourth-order valence-electron chi connectivity index (χ4n) is 2.43. The summed E-state index contributed by atoms with van der Waals surface area (Å²) >= 11 is 0. The zero-order valence-electron chi connectivity index (χ0n) is 11.2. The number of alkyl halides is 3. The highest BCUT2D eigenvalue weighted by molar-refractivity contribution is 5.46. The van der Waals surface area contributed by atoms with Gasteiger partial charge in [-0.15, -0.1) is 13.2 Å². The Balaban J connectivity index is 2.11. The third-order valence-electron chi connectivity index (χ3n) is 3.47. The molecule has 1 saturated carbocycles. The van der Waals surface area contributed by atoms with E-state index in [1.165, 1.54) is 28.9 Å². The number of para-hydroxylation sites is 2. The van der Waals surface area contributed by atoms with Crippen molar-refractivity contribution in [2.75, 3.05) is 0 Å². The van der Waals surface area contributed by atoms with Gasteiger partial charge in [0.1, 0.15) is 5.69 Å². The van der Waals surface area contributed by atoms with Crippen LogP contribution in [0.1, 0.15) is 24.5 Å². The Morgan fingerprint density at radius 2 is 1.90 bits per heavy atom. The average molecular weight is 298 g/mol. The van der Waals surface area contributed by atoms with Crippen LogP contribution in [-0.4, -0.2) is 15.7 Å². The standard InChI is InChI=1S/C14H13F3N2O2/c1-18-11(9-6-7-9)8-13(20)19(18)10-4-2-3-5-12(10)21-14(15,16)17/h2-5,8-9H,6-7H2,1H3. The van der Waals surface area contributed by atoms with E-state index < -0.39 is 12.1 Å². The third kappa shape index (κ3) is 2.68. The molecule has 1 aromatic heterocycles. The second-order valence-electron chi connectivity index (χ2n) is 5.03. The van der Waals surface area contributed by atoms with Crippen LogP contribution in [0.2, 0.25) is 0 Å². The minimum Gasteiger partial charge on any atom is -0.403 e. The molecule has 0 bridgehead atoms. The molecule has 0 N–H and O–H groups in total. The van der Waals surface area contributed by atoms with Crippen LogP contribution in [0.15, 0.2) is 35.1 Å². The molecule has 112 valence electrons. The monoisotopic (exact) mass is 298 g/mol. The molecule has 0 saturated heterocycles. The Kier molecular flexibility index (Phi) is 3.07. The summed E-state index contributed by atoms with van der Waals surface area (Å²) < 4.78 is 44.2. The van der Waals surface area contributed by atoms with Crippen molar-refractivity contribution in [1.29, 1.82) is 0 Å². The molecule has 4 nitrogen and oxygen atoms in total. The van der Waals surface area contributed by atoms with Gasteiger partial charge in [-0.25, -0.2) is 4.68 Å². The van der Waals surface area contributed by atoms with Crippen LogP contribution >= 0.6 is 0 Å². The van der Waals surface area contributed by atoms with Crippen molar-refractivity contribution in [1.82, 2.24) is 9.36 Å². The van der Waals surface area contributed by atoms with E-state index in [1.807, 2.05) is 0 Å². The van der Waals surface area contributed by atoms with Gasteiger partial charge in [-0.1, -0.05) is 12.1 Å². The van der Waals surface area contributed by atoms with Crippen LogP contribution in [0.3, 0.4) is 0 Å². The highest BCUT2D eigenvalue weighted by atomic mass is 19.4. The molecule has 21 heavy (non-hydrogen) atoms. The smallest absolute Gasteiger partial charge is 0.403 e. The van der Waals surface area contributed by atoms with Crippen molar-refractivity contribution >= 4 is 0 Å². The van der Waals surface area contributed by atoms with Gasteiger partial charge < -0.3 is 4.74 Å². The lowest BCUT2D eigenvalue weighted by molar-refractivity contribution is -0.274. The van der Waals surface area contributed by atoms with E-state index in [4.69, 9.17) is 0 Å². The number of rotatable bonds is 3. The number of ether oxygens (including phenoxy) is 1. The lowest BCUT2D eigenvalue weighted by Gasteiger charge is -2.15. The minimum absolute atomic E-state index is 0.0780. The van der Waals surface area contributed by atoms with Gasteiger partial charge >= 0.3 is 6.36 Å². The Labute approximate surface area is 118 Å². The van der Waals surface area contributed by atoms with E-state index in [0.29, 0.717) is 5.92 Å². The summed E-state index contributed by atoms with van der Waals surface area (Å²) in [6, 6.07) is 7.09. The quantitative estimate of drug-likeness (QED) is 0.873. The number of benzene rings is 1. The van der Waals surface area contributed by atoms with E-state index in [0.717, 1.165) is 18.5 Å². The first-order chi connectivity index (χ1) is 9.87. The summed E-state index contributed by atoms with van der Waals surface area (Å²) in [5.74, 6) is -0.0738. The number of nitrogens with zero attached hydrogens (tertiary/aromatic N) is 2. The van der Waals surface area contributed by atoms with Crippen molar-refractivity contribution in [3.63, 3.8) is 0 Å². The van der Waals surface area contributed by atoms with Gasteiger partial charge in [0.15, 0.2) is 5.75 Å². The van der Waals surface area contributed by atoms with Gasteiger partial charge in [0, 0.05) is 24.7 Å². The van der Waals surface area contributed by atoms with Crippen molar-refractivity contribution in [2.45, 2.75) is 25.1 Å². The van der Waals surface area contributed by atoms with Gasteiger partial charge in [0.05, 0.1) is 0 Å². The first kappa shape index (κ1) is 13.8. The predicted molar refractivity (Wildman–Crippen MR) is 69.7 cm³/mol. The molecule has 2 aromatic rings. The molecular formula is C14H13F3N2O2. The van der Waals surface area contributed by atoms with Gasteiger partial charge in [0.2, 0.25) is 0 Å². The topological polar surface area (TPSA) is 36.2 Å². The summed E-state index contributed by atoms with van der Waals surface area (Å²) in [5, 5.41) is 0. The number of hydrogen-bond donors (Lipinski definition) is 0. The number of hydrogen-bond acceptors (Lipinski definition) is 2. The second kappa shape index (κ2) is 4.68. The van der Waals surface area contributed by atoms with Gasteiger partial charge in [-0.05, 0) is 25.0 Å². The zero-order valence-corrected chi connectivity index (χ0v) is 11.2. The van der Waals surface area contributed by atoms with Gasteiger partial charge in [-0.3, -0.25) is 9.48 Å². The maximum Gasteiger partial charge on any atom is 0.573 e. The Bertz CT molecular complexity index is 727. The van der Waals surface area contributed by atoms with Crippen LogP contribution < -0.4 is 10.3 Å². The van der Waals surface area contributed by atoms with Crippen molar-refractivity contribution in [3.8, 4) is 11.4 Å². The third-order valence-corrected chi connectivity index (χ3v) is 3.47. The molecule has 1 fully saturated rings. The number of halogens is 3. The summed E-state index contributed by atoms with van der Waals surface area (Å²) in [6.45, 7) is 0. The van der Waals surface area contributed by atoms with Crippen molar-refractivity contribution < 1.29 is 17.9 Å². The zero-order chi connectivity index (χ0) is 15.2. The van der Waals surface area contributed by atoms with E-state index >= 15 is 0 Å². The van der Waals surface area contributed by atoms with Crippen molar-refractivity contribution in [3.05, 3.63) is 46.4 Å². The van der Waals surface area contributed by atoms with Gasteiger partial charge in [-0.2, -0.15) is 0 Å². The summed E-state index contributed by atoms with van der Waals surface area (Å²) in [7, 11) is 1.67. The SMILES string of the molecule is Cn1c(C2CC2)cc(=O)n1-c1ccccc1OC(F)(F)F. The molecule has 1 aliphatic carbocycles. The van der Waals surface area contributed by atoms with Crippen LogP contribution in [-0.2, 0) is 7.05 Å². The first-order valence-electron chi connectivity index (χ1n) is 6.51. The fourth-order valence-corrected chi connectivity index (χ4v) is 2.43. The van der Waals surface area contributed by atoms with Crippen LogP contribution in [0, 0.1) is 0 Å². The lowest BCUT2D eigenvalue weighted by Crippen LogP contribution is -2.23. The second-order valence-corrected chi connectivity index (χ2v) is 5.03. The molecule has 3 rings (SSSR count). The van der Waals surface area contributed by atoms with Crippen LogP contribution in [0.25, 0.3) is 5.69 Å².